The summed E-state index contributed by atoms with van der Waals surface area (Å²) in [6.45, 7) is 3.02. The normalized spacial score (nSPS) is 12.6. The second-order valence-electron chi connectivity index (χ2n) is 4.12. The summed E-state index contributed by atoms with van der Waals surface area (Å²) >= 11 is 4.93. The second-order valence-corrected chi connectivity index (χ2v) is 5.75. The fourth-order valence-corrected chi connectivity index (χ4v) is 3.07. The molecule has 0 radical (unpaired) electrons. The highest BCUT2D eigenvalue weighted by Gasteiger charge is 2.12. The Bertz CT molecular complexity index is 499. The predicted octanol–water partition coefficient (Wildman–Crippen LogP) is 4.54. The maximum atomic E-state index is 13.2. The van der Waals surface area contributed by atoms with Crippen LogP contribution in [-0.4, -0.2) is 6.54 Å². The molecular weight excluding hydrogens is 313 g/mol. The van der Waals surface area contributed by atoms with Gasteiger partial charge in [-0.15, -0.1) is 0 Å². The first-order valence-electron chi connectivity index (χ1n) is 5.90. The second kappa shape index (κ2) is 6.45. The highest BCUT2D eigenvalue weighted by Crippen LogP contribution is 2.23. The van der Waals surface area contributed by atoms with E-state index < -0.39 is 0 Å². The van der Waals surface area contributed by atoms with Gasteiger partial charge < -0.3 is 5.32 Å². The molecule has 0 aliphatic carbocycles. The zero-order chi connectivity index (χ0) is 13.0. The molecule has 2 aromatic rings. The molecule has 0 aliphatic rings. The third kappa shape index (κ3) is 3.40. The van der Waals surface area contributed by atoms with Crippen molar-refractivity contribution >= 4 is 27.3 Å². The summed E-state index contributed by atoms with van der Waals surface area (Å²) in [6.07, 6.45) is 0.865. The summed E-state index contributed by atoms with van der Waals surface area (Å²) in [7, 11) is 0. The van der Waals surface area contributed by atoms with Crippen LogP contribution in [0.5, 0.6) is 0 Å². The van der Waals surface area contributed by atoms with Crippen LogP contribution in [0.2, 0.25) is 0 Å². The predicted molar refractivity (Wildman–Crippen MR) is 78.5 cm³/mol. The molecule has 0 saturated carbocycles. The van der Waals surface area contributed by atoms with E-state index in [2.05, 4.69) is 45.0 Å². The average Bonchev–Trinajstić information content (AvgIpc) is 2.87. The number of rotatable bonds is 5. The first-order chi connectivity index (χ1) is 8.70. The van der Waals surface area contributed by atoms with Gasteiger partial charge in [0.25, 0.3) is 0 Å². The van der Waals surface area contributed by atoms with E-state index in [-0.39, 0.29) is 5.82 Å². The Morgan fingerprint density at radius 3 is 2.83 bits per heavy atom. The fraction of sp³-hybridized carbons (Fsp3) is 0.286. The molecule has 2 rings (SSSR count). The van der Waals surface area contributed by atoms with Crippen molar-refractivity contribution in [1.29, 1.82) is 0 Å². The SMILES string of the molecule is CCNC(Cc1ccc(F)c(Br)c1)c1ccsc1. The Morgan fingerprint density at radius 2 is 2.22 bits per heavy atom. The highest BCUT2D eigenvalue weighted by molar-refractivity contribution is 9.10. The molecule has 0 amide bonds. The van der Waals surface area contributed by atoms with Gasteiger partial charge in [0.05, 0.1) is 4.47 Å². The van der Waals surface area contributed by atoms with Gasteiger partial charge in [0, 0.05) is 6.04 Å². The number of hydrogen-bond acceptors (Lipinski definition) is 2. The molecule has 1 nitrogen and oxygen atoms in total. The molecule has 0 fully saturated rings. The van der Waals surface area contributed by atoms with Crippen LogP contribution in [0, 0.1) is 5.82 Å². The zero-order valence-electron chi connectivity index (χ0n) is 10.1. The van der Waals surface area contributed by atoms with Gasteiger partial charge >= 0.3 is 0 Å². The van der Waals surface area contributed by atoms with Gasteiger partial charge in [0.15, 0.2) is 0 Å². The quantitative estimate of drug-likeness (QED) is 0.849. The van der Waals surface area contributed by atoms with E-state index in [9.17, 15) is 4.39 Å². The Kier molecular flexibility index (Phi) is 4.92. The van der Waals surface area contributed by atoms with Crippen molar-refractivity contribution < 1.29 is 4.39 Å². The summed E-state index contributed by atoms with van der Waals surface area (Å²) in [5, 5.41) is 7.71. The molecule has 1 unspecified atom stereocenters. The lowest BCUT2D eigenvalue weighted by Gasteiger charge is -2.17. The monoisotopic (exact) mass is 327 g/mol. The number of thiophene rings is 1. The third-order valence-corrected chi connectivity index (χ3v) is 4.13. The Balaban J connectivity index is 2.16. The van der Waals surface area contributed by atoms with E-state index in [1.807, 2.05) is 12.1 Å². The molecule has 4 heteroatoms. The summed E-state index contributed by atoms with van der Waals surface area (Å²) in [6, 6.07) is 7.63. The van der Waals surface area contributed by atoms with Crippen molar-refractivity contribution in [2.75, 3.05) is 6.54 Å². The van der Waals surface area contributed by atoms with Crippen LogP contribution in [-0.2, 0) is 6.42 Å². The number of benzene rings is 1. The molecule has 1 aromatic heterocycles. The largest absolute Gasteiger partial charge is 0.310 e. The smallest absolute Gasteiger partial charge is 0.137 e. The number of nitrogens with one attached hydrogen (secondary N) is 1. The summed E-state index contributed by atoms with van der Waals surface area (Å²) in [5.41, 5.74) is 2.42. The van der Waals surface area contributed by atoms with E-state index in [1.165, 1.54) is 11.6 Å². The van der Waals surface area contributed by atoms with Crippen LogP contribution in [0.1, 0.15) is 24.1 Å². The van der Waals surface area contributed by atoms with Gasteiger partial charge in [-0.25, -0.2) is 4.39 Å². The van der Waals surface area contributed by atoms with Crippen LogP contribution >= 0.6 is 27.3 Å². The maximum Gasteiger partial charge on any atom is 0.137 e. The summed E-state index contributed by atoms with van der Waals surface area (Å²) < 4.78 is 13.7. The van der Waals surface area contributed by atoms with Gasteiger partial charge in [-0.1, -0.05) is 13.0 Å². The van der Waals surface area contributed by atoms with E-state index in [0.717, 1.165) is 18.5 Å². The molecule has 0 spiro atoms. The summed E-state index contributed by atoms with van der Waals surface area (Å²) in [5.74, 6) is -0.214. The van der Waals surface area contributed by atoms with Gasteiger partial charge in [-0.05, 0) is 69.0 Å². The van der Waals surface area contributed by atoms with Gasteiger partial charge in [0.2, 0.25) is 0 Å². The minimum absolute atomic E-state index is 0.214. The Labute approximate surface area is 119 Å². The zero-order valence-corrected chi connectivity index (χ0v) is 12.5. The van der Waals surface area contributed by atoms with Crippen LogP contribution in [0.4, 0.5) is 4.39 Å². The fourth-order valence-electron chi connectivity index (χ4n) is 1.93. The number of halogens is 2. The topological polar surface area (TPSA) is 12.0 Å². The third-order valence-electron chi connectivity index (χ3n) is 2.82. The first-order valence-corrected chi connectivity index (χ1v) is 7.63. The molecule has 0 aliphatic heterocycles. The van der Waals surface area contributed by atoms with Crippen LogP contribution in [0.3, 0.4) is 0 Å². The van der Waals surface area contributed by atoms with Crippen LogP contribution < -0.4 is 5.32 Å². The van der Waals surface area contributed by atoms with Crippen molar-refractivity contribution in [3.05, 3.63) is 56.4 Å². The molecular formula is C14H15BrFNS. The van der Waals surface area contributed by atoms with Crippen LogP contribution in [0.25, 0.3) is 0 Å². The molecule has 1 N–H and O–H groups in total. The molecule has 0 saturated heterocycles. The van der Waals surface area contributed by atoms with E-state index in [4.69, 9.17) is 0 Å². The van der Waals surface area contributed by atoms with Crippen molar-refractivity contribution in [2.45, 2.75) is 19.4 Å². The molecule has 1 atom stereocenters. The van der Waals surface area contributed by atoms with Crippen molar-refractivity contribution in [3.8, 4) is 0 Å². The van der Waals surface area contributed by atoms with Crippen LogP contribution in [0.15, 0.2) is 39.5 Å². The molecule has 0 bridgehead atoms. The lowest BCUT2D eigenvalue weighted by Crippen LogP contribution is -2.22. The average molecular weight is 328 g/mol. The minimum atomic E-state index is -0.214. The lowest BCUT2D eigenvalue weighted by atomic mass is 10.0. The maximum absolute atomic E-state index is 13.2. The molecule has 1 heterocycles. The molecule has 18 heavy (non-hydrogen) atoms. The van der Waals surface area contributed by atoms with Gasteiger partial charge in [-0.3, -0.25) is 0 Å². The lowest BCUT2D eigenvalue weighted by molar-refractivity contribution is 0.550. The Hall–Kier alpha value is -0.710. The molecule has 1 aromatic carbocycles. The standard InChI is InChI=1S/C14H15BrFNS/c1-2-17-14(11-5-6-18-9-11)8-10-3-4-13(16)12(15)7-10/h3-7,9,14,17H,2,8H2,1H3. The van der Waals surface area contributed by atoms with E-state index >= 15 is 0 Å². The minimum Gasteiger partial charge on any atom is -0.310 e. The van der Waals surface area contributed by atoms with Gasteiger partial charge in [-0.2, -0.15) is 11.3 Å². The Morgan fingerprint density at radius 1 is 1.39 bits per heavy atom. The van der Waals surface area contributed by atoms with E-state index in [1.54, 1.807) is 11.3 Å². The van der Waals surface area contributed by atoms with Gasteiger partial charge in [0.1, 0.15) is 5.82 Å². The summed E-state index contributed by atoms with van der Waals surface area (Å²) in [4.78, 5) is 0. The molecule has 96 valence electrons. The van der Waals surface area contributed by atoms with Crippen molar-refractivity contribution in [3.63, 3.8) is 0 Å². The number of likely N-dealkylation sites (N-methyl/N-ethyl adjacent to an activating group) is 1. The number of hydrogen-bond donors (Lipinski definition) is 1. The van der Waals surface area contributed by atoms with E-state index in [0.29, 0.717) is 10.5 Å². The first kappa shape index (κ1) is 13.7. The van der Waals surface area contributed by atoms with Crippen molar-refractivity contribution in [1.82, 2.24) is 5.32 Å². The van der Waals surface area contributed by atoms with Crippen molar-refractivity contribution in [2.24, 2.45) is 0 Å². The highest BCUT2D eigenvalue weighted by atomic mass is 79.9.